The Morgan fingerprint density at radius 2 is 2.18 bits per heavy atom. The number of nitrogens with one attached hydrogen (secondary N) is 1. The van der Waals surface area contributed by atoms with E-state index in [1.54, 1.807) is 0 Å². The molecule has 1 saturated carbocycles. The number of rotatable bonds is 6. The summed E-state index contributed by atoms with van der Waals surface area (Å²) >= 11 is 2.04. The molecule has 2 rings (SSSR count). The summed E-state index contributed by atoms with van der Waals surface area (Å²) in [5.74, 6) is 1.36. The second kappa shape index (κ2) is 8.04. The topological polar surface area (TPSA) is 46.9 Å². The van der Waals surface area contributed by atoms with E-state index in [4.69, 9.17) is 0 Å². The number of carbonyl (C=O) groups excluding carboxylic acids is 1. The van der Waals surface area contributed by atoms with Crippen molar-refractivity contribution in [1.82, 2.24) is 15.1 Å². The van der Waals surface area contributed by atoms with Crippen LogP contribution in [0.2, 0.25) is 0 Å². The largest absolute Gasteiger partial charge is 0.353 e. The molecular weight excluding hydrogens is 294 g/mol. The Labute approximate surface area is 138 Å². The fraction of sp³-hybridized carbons (Fsp3) is 0.765. The van der Waals surface area contributed by atoms with Crippen LogP contribution in [0.5, 0.6) is 0 Å². The molecule has 1 aliphatic carbocycles. The monoisotopic (exact) mass is 323 g/mol. The predicted octanol–water partition coefficient (Wildman–Crippen LogP) is 3.15. The highest BCUT2D eigenvalue weighted by molar-refractivity contribution is 7.99. The molecule has 4 nitrogen and oxygen atoms in total. The van der Waals surface area contributed by atoms with Gasteiger partial charge in [0.25, 0.3) is 0 Å². The minimum atomic E-state index is 0.190. The molecule has 1 aliphatic rings. The highest BCUT2D eigenvalue weighted by atomic mass is 32.2. The fourth-order valence-electron chi connectivity index (χ4n) is 3.38. The first-order chi connectivity index (χ1) is 10.5. The summed E-state index contributed by atoms with van der Waals surface area (Å²) in [7, 11) is 1.96. The van der Waals surface area contributed by atoms with E-state index in [9.17, 15) is 4.79 Å². The van der Waals surface area contributed by atoms with E-state index in [-0.39, 0.29) is 5.91 Å². The summed E-state index contributed by atoms with van der Waals surface area (Å²) in [4.78, 5) is 12.2. The Morgan fingerprint density at radius 3 is 2.82 bits per heavy atom. The predicted molar refractivity (Wildman–Crippen MR) is 93.3 cm³/mol. The van der Waals surface area contributed by atoms with Crippen LogP contribution in [0.4, 0.5) is 0 Å². The minimum absolute atomic E-state index is 0.190. The van der Waals surface area contributed by atoms with Crippen molar-refractivity contribution in [2.75, 3.05) is 5.75 Å². The number of hydrogen-bond donors (Lipinski definition) is 1. The van der Waals surface area contributed by atoms with Gasteiger partial charge in [0.1, 0.15) is 0 Å². The second-order valence-corrected chi connectivity index (χ2v) is 7.86. The number of hydrogen-bond acceptors (Lipinski definition) is 3. The zero-order valence-electron chi connectivity index (χ0n) is 14.3. The average Bonchev–Trinajstić information content (AvgIpc) is 2.71. The van der Waals surface area contributed by atoms with Gasteiger partial charge in [-0.3, -0.25) is 9.48 Å². The third-order valence-corrected chi connectivity index (χ3v) is 5.89. The van der Waals surface area contributed by atoms with Crippen LogP contribution in [-0.4, -0.2) is 32.7 Å². The van der Waals surface area contributed by atoms with Crippen LogP contribution in [0.15, 0.2) is 0 Å². The van der Waals surface area contributed by atoms with Crippen LogP contribution in [0, 0.1) is 13.8 Å². The van der Waals surface area contributed by atoms with E-state index < -0.39 is 0 Å². The maximum Gasteiger partial charge on any atom is 0.220 e. The highest BCUT2D eigenvalue weighted by Crippen LogP contribution is 2.28. The van der Waals surface area contributed by atoms with Crippen molar-refractivity contribution < 1.29 is 4.79 Å². The summed E-state index contributed by atoms with van der Waals surface area (Å²) in [6.45, 7) is 6.31. The number of amides is 1. The van der Waals surface area contributed by atoms with E-state index in [1.165, 1.54) is 29.9 Å². The lowest BCUT2D eigenvalue weighted by Crippen LogP contribution is -2.39. The van der Waals surface area contributed by atoms with Gasteiger partial charge >= 0.3 is 0 Å². The molecule has 0 bridgehead atoms. The van der Waals surface area contributed by atoms with E-state index in [0.717, 1.165) is 30.2 Å². The number of carbonyl (C=O) groups is 1. The Bertz CT molecular complexity index is 510. The first-order valence-electron chi connectivity index (χ1n) is 8.41. The van der Waals surface area contributed by atoms with Crippen molar-refractivity contribution >= 4 is 17.7 Å². The van der Waals surface area contributed by atoms with Crippen LogP contribution in [-0.2, 0) is 18.3 Å². The van der Waals surface area contributed by atoms with Crippen molar-refractivity contribution in [3.63, 3.8) is 0 Å². The normalized spacial score (nSPS) is 21.8. The molecule has 0 saturated heterocycles. The Kier molecular flexibility index (Phi) is 6.36. The molecule has 0 unspecified atom stereocenters. The molecule has 5 heteroatoms. The molecule has 1 aromatic rings. The third-order valence-electron chi connectivity index (χ3n) is 4.65. The van der Waals surface area contributed by atoms with Gasteiger partial charge in [-0.15, -0.1) is 0 Å². The zero-order valence-corrected chi connectivity index (χ0v) is 15.1. The standard InChI is InChI=1S/C17H29N3OS/c1-5-22-15-8-6-7-14(11-15)18-17(21)10-9-16-12(2)19-20(4)13(16)3/h14-15H,5-11H2,1-4H3,(H,18,21)/t14-,15-/m0/s1. The molecule has 0 spiro atoms. The van der Waals surface area contributed by atoms with Gasteiger partial charge in [-0.05, 0) is 50.8 Å². The van der Waals surface area contributed by atoms with Gasteiger partial charge in [0.15, 0.2) is 0 Å². The second-order valence-electron chi connectivity index (χ2n) is 6.28. The van der Waals surface area contributed by atoms with Crippen molar-refractivity contribution in [1.29, 1.82) is 0 Å². The molecule has 1 heterocycles. The molecular formula is C17H29N3OS. The van der Waals surface area contributed by atoms with Gasteiger partial charge in [0.2, 0.25) is 5.91 Å². The Balaban J connectivity index is 1.80. The van der Waals surface area contributed by atoms with Gasteiger partial charge in [-0.1, -0.05) is 13.3 Å². The molecule has 1 aromatic heterocycles. The molecule has 1 N–H and O–H groups in total. The summed E-state index contributed by atoms with van der Waals surface area (Å²) in [5.41, 5.74) is 3.44. The van der Waals surface area contributed by atoms with Crippen molar-refractivity contribution in [3.05, 3.63) is 17.0 Å². The van der Waals surface area contributed by atoms with E-state index in [2.05, 4.69) is 24.3 Å². The molecule has 0 radical (unpaired) electrons. The lowest BCUT2D eigenvalue weighted by atomic mass is 9.94. The summed E-state index contributed by atoms with van der Waals surface area (Å²) in [6, 6.07) is 0.376. The molecule has 1 fully saturated rings. The molecule has 1 amide bonds. The summed E-state index contributed by atoms with van der Waals surface area (Å²) < 4.78 is 1.90. The van der Waals surface area contributed by atoms with Crippen molar-refractivity contribution in [3.8, 4) is 0 Å². The Hall–Kier alpha value is -0.970. The van der Waals surface area contributed by atoms with Gasteiger partial charge in [-0.25, -0.2) is 0 Å². The number of aryl methyl sites for hydroxylation is 2. The Morgan fingerprint density at radius 1 is 1.41 bits per heavy atom. The fourth-order valence-corrected chi connectivity index (χ4v) is 4.55. The van der Waals surface area contributed by atoms with Gasteiger partial charge in [0, 0.05) is 30.5 Å². The highest BCUT2D eigenvalue weighted by Gasteiger charge is 2.23. The molecule has 0 aromatic carbocycles. The van der Waals surface area contributed by atoms with Crippen LogP contribution in [0.3, 0.4) is 0 Å². The summed E-state index contributed by atoms with van der Waals surface area (Å²) in [6.07, 6.45) is 6.17. The van der Waals surface area contributed by atoms with Crippen molar-refractivity contribution in [2.24, 2.45) is 7.05 Å². The third kappa shape index (κ3) is 4.51. The molecule has 22 heavy (non-hydrogen) atoms. The van der Waals surface area contributed by atoms with Gasteiger partial charge in [0.05, 0.1) is 5.69 Å². The van der Waals surface area contributed by atoms with Crippen LogP contribution >= 0.6 is 11.8 Å². The number of thioether (sulfide) groups is 1. The van der Waals surface area contributed by atoms with Crippen LogP contribution < -0.4 is 5.32 Å². The first kappa shape index (κ1) is 17.4. The van der Waals surface area contributed by atoms with E-state index in [0.29, 0.717) is 12.5 Å². The van der Waals surface area contributed by atoms with Crippen LogP contribution in [0.25, 0.3) is 0 Å². The molecule has 2 atom stereocenters. The number of nitrogens with zero attached hydrogens (tertiary/aromatic N) is 2. The quantitative estimate of drug-likeness (QED) is 0.875. The van der Waals surface area contributed by atoms with Crippen molar-refractivity contribution in [2.45, 2.75) is 70.6 Å². The first-order valence-corrected chi connectivity index (χ1v) is 9.46. The molecule has 124 valence electrons. The maximum absolute atomic E-state index is 12.2. The van der Waals surface area contributed by atoms with Gasteiger partial charge in [-0.2, -0.15) is 16.9 Å². The average molecular weight is 324 g/mol. The lowest BCUT2D eigenvalue weighted by molar-refractivity contribution is -0.121. The van der Waals surface area contributed by atoms with E-state index >= 15 is 0 Å². The summed E-state index contributed by atoms with van der Waals surface area (Å²) in [5, 5.41) is 8.39. The smallest absolute Gasteiger partial charge is 0.220 e. The SMILES string of the molecule is CCS[C@H]1CCC[C@H](NC(=O)CCc2c(C)nn(C)c2C)C1. The lowest BCUT2D eigenvalue weighted by Gasteiger charge is -2.29. The zero-order chi connectivity index (χ0) is 16.1. The van der Waals surface area contributed by atoms with E-state index in [1.807, 2.05) is 30.4 Å². The maximum atomic E-state index is 12.2. The van der Waals surface area contributed by atoms with Gasteiger partial charge < -0.3 is 5.32 Å². The number of aromatic nitrogens is 2. The van der Waals surface area contributed by atoms with Crippen LogP contribution in [0.1, 0.15) is 56.0 Å². The molecule has 0 aliphatic heterocycles. The minimum Gasteiger partial charge on any atom is -0.353 e.